The fourth-order valence-corrected chi connectivity index (χ4v) is 4.20. The first kappa shape index (κ1) is 24.1. The molecule has 0 saturated carbocycles. The van der Waals surface area contributed by atoms with Crippen molar-refractivity contribution in [2.45, 2.75) is 32.4 Å². The molecule has 1 N–H and O–H groups in total. The molecule has 1 aliphatic rings. The summed E-state index contributed by atoms with van der Waals surface area (Å²) < 4.78 is 12.9. The molecule has 2 aromatic carbocycles. The summed E-state index contributed by atoms with van der Waals surface area (Å²) in [6.07, 6.45) is 6.75. The van der Waals surface area contributed by atoms with Crippen molar-refractivity contribution in [1.29, 1.82) is 0 Å². The molecule has 0 bridgehead atoms. The van der Waals surface area contributed by atoms with E-state index in [-0.39, 0.29) is 11.3 Å². The molecule has 8 heteroatoms. The van der Waals surface area contributed by atoms with E-state index in [1.54, 1.807) is 62.1 Å². The molecule has 3 aromatic rings. The Morgan fingerprint density at radius 1 is 1.09 bits per heavy atom. The lowest BCUT2D eigenvalue weighted by Crippen LogP contribution is -2.31. The number of imidazole rings is 1. The minimum atomic E-state index is -0.732. The second kappa shape index (κ2) is 10.9. The molecule has 1 atom stereocenters. The van der Waals surface area contributed by atoms with Crippen LogP contribution in [0.15, 0.2) is 72.8 Å². The Hall–Kier alpha value is -4.07. The highest BCUT2D eigenvalue weighted by molar-refractivity contribution is 6.46. The maximum atomic E-state index is 13.2. The van der Waals surface area contributed by atoms with Gasteiger partial charge in [0.1, 0.15) is 17.3 Å². The van der Waals surface area contributed by atoms with E-state index in [0.29, 0.717) is 48.7 Å². The van der Waals surface area contributed by atoms with Crippen LogP contribution in [0.2, 0.25) is 0 Å². The number of carbonyl (C=O) groups is 2. The Kier molecular flexibility index (Phi) is 7.50. The maximum absolute atomic E-state index is 13.2. The molecule has 1 amide bonds. The third-order valence-electron chi connectivity index (χ3n) is 5.92. The van der Waals surface area contributed by atoms with Crippen LogP contribution in [0.5, 0.6) is 11.5 Å². The van der Waals surface area contributed by atoms with Crippen molar-refractivity contribution in [2.24, 2.45) is 0 Å². The number of aliphatic hydroxyl groups is 1. The van der Waals surface area contributed by atoms with Crippen LogP contribution in [-0.4, -0.2) is 51.5 Å². The molecule has 182 valence electrons. The summed E-state index contributed by atoms with van der Waals surface area (Å²) in [5.74, 6) is -0.274. The number of aryl methyl sites for hydroxylation is 1. The molecule has 1 aliphatic heterocycles. The number of aliphatic hydroxyl groups excluding tert-OH is 1. The quantitative estimate of drug-likeness (QED) is 0.268. The first-order chi connectivity index (χ1) is 17.0. The number of aromatic nitrogens is 2. The van der Waals surface area contributed by atoms with Gasteiger partial charge in [-0.15, -0.1) is 0 Å². The summed E-state index contributed by atoms with van der Waals surface area (Å²) in [6.45, 7) is 3.59. The summed E-state index contributed by atoms with van der Waals surface area (Å²) >= 11 is 0. The van der Waals surface area contributed by atoms with Crippen molar-refractivity contribution in [1.82, 2.24) is 14.5 Å². The highest BCUT2D eigenvalue weighted by atomic mass is 16.5. The second-order valence-corrected chi connectivity index (χ2v) is 8.30. The van der Waals surface area contributed by atoms with Gasteiger partial charge >= 0.3 is 0 Å². The zero-order valence-corrected chi connectivity index (χ0v) is 19.9. The predicted octanol–water partition coefficient (Wildman–Crippen LogP) is 4.19. The highest BCUT2D eigenvalue weighted by Crippen LogP contribution is 2.40. The van der Waals surface area contributed by atoms with Gasteiger partial charge in [-0.1, -0.05) is 19.1 Å². The number of hydrogen-bond acceptors (Lipinski definition) is 6. The number of Topliss-reactive ketones (excluding diaryl/α,β-unsaturated/α-hetero) is 1. The minimum absolute atomic E-state index is 0.0631. The van der Waals surface area contributed by atoms with Crippen LogP contribution in [-0.2, 0) is 16.1 Å². The number of rotatable bonds is 10. The largest absolute Gasteiger partial charge is 0.507 e. The number of hydrogen-bond donors (Lipinski definition) is 1. The van der Waals surface area contributed by atoms with Crippen LogP contribution in [0.25, 0.3) is 5.76 Å². The van der Waals surface area contributed by atoms with E-state index >= 15 is 0 Å². The summed E-state index contributed by atoms with van der Waals surface area (Å²) in [4.78, 5) is 31.9. The van der Waals surface area contributed by atoms with Crippen molar-refractivity contribution in [2.75, 3.05) is 20.3 Å². The van der Waals surface area contributed by atoms with Crippen LogP contribution in [0.4, 0.5) is 0 Å². The number of benzene rings is 2. The lowest BCUT2D eigenvalue weighted by molar-refractivity contribution is -0.139. The molecule has 35 heavy (non-hydrogen) atoms. The van der Waals surface area contributed by atoms with Gasteiger partial charge in [0.2, 0.25) is 0 Å². The molecule has 2 heterocycles. The van der Waals surface area contributed by atoms with Crippen molar-refractivity contribution < 1.29 is 24.2 Å². The van der Waals surface area contributed by atoms with E-state index in [1.807, 2.05) is 23.8 Å². The van der Waals surface area contributed by atoms with Gasteiger partial charge in [-0.2, -0.15) is 0 Å². The first-order valence-corrected chi connectivity index (χ1v) is 11.6. The molecule has 1 aromatic heterocycles. The van der Waals surface area contributed by atoms with E-state index in [0.717, 1.165) is 6.42 Å². The van der Waals surface area contributed by atoms with Gasteiger partial charge in [0.15, 0.2) is 0 Å². The highest BCUT2D eigenvalue weighted by Gasteiger charge is 2.45. The van der Waals surface area contributed by atoms with E-state index < -0.39 is 17.7 Å². The normalized spacial score (nSPS) is 17.1. The number of ether oxygens (including phenoxy) is 2. The van der Waals surface area contributed by atoms with Gasteiger partial charge in [-0.05, 0) is 54.8 Å². The SMILES string of the molecule is CCCOc1ccc(/C(O)=C2\C(=O)C(=O)N(CCCn3ccnc3)[C@H]2c2cccc(OC)c2)cc1. The summed E-state index contributed by atoms with van der Waals surface area (Å²) in [6, 6.07) is 13.3. The van der Waals surface area contributed by atoms with Crippen molar-refractivity contribution in [3.05, 3.63) is 84.0 Å². The van der Waals surface area contributed by atoms with Crippen LogP contribution >= 0.6 is 0 Å². The van der Waals surface area contributed by atoms with Gasteiger partial charge in [0.25, 0.3) is 11.7 Å². The van der Waals surface area contributed by atoms with Crippen LogP contribution < -0.4 is 9.47 Å². The van der Waals surface area contributed by atoms with Crippen LogP contribution in [0.3, 0.4) is 0 Å². The third-order valence-corrected chi connectivity index (χ3v) is 5.92. The fraction of sp³-hybridized carbons (Fsp3) is 0.296. The summed E-state index contributed by atoms with van der Waals surface area (Å²) in [5.41, 5.74) is 1.20. The van der Waals surface area contributed by atoms with Crippen LogP contribution in [0.1, 0.15) is 36.9 Å². The van der Waals surface area contributed by atoms with E-state index in [1.165, 1.54) is 4.90 Å². The molecule has 0 unspecified atom stereocenters. The lowest BCUT2D eigenvalue weighted by atomic mass is 9.95. The standard InChI is InChI=1S/C27H29N3O5/c1-3-16-35-21-10-8-19(9-11-21)25(31)23-24(20-6-4-7-22(17-20)34-2)30(27(33)26(23)32)14-5-13-29-15-12-28-18-29/h4,6-12,15,17-18,24,31H,3,5,13-14,16H2,1-2H3/b25-23+/t24-/m0/s1. The number of amides is 1. The van der Waals surface area contributed by atoms with Gasteiger partial charge in [0.05, 0.1) is 31.7 Å². The van der Waals surface area contributed by atoms with Gasteiger partial charge < -0.3 is 24.0 Å². The van der Waals surface area contributed by atoms with Gasteiger partial charge in [0, 0.05) is 31.0 Å². The first-order valence-electron chi connectivity index (χ1n) is 11.6. The zero-order chi connectivity index (χ0) is 24.8. The molecule has 1 saturated heterocycles. The van der Waals surface area contributed by atoms with Crippen molar-refractivity contribution >= 4 is 17.4 Å². The molecule has 0 spiro atoms. The maximum Gasteiger partial charge on any atom is 0.295 e. The molecular weight excluding hydrogens is 446 g/mol. The summed E-state index contributed by atoms with van der Waals surface area (Å²) in [5, 5.41) is 11.2. The predicted molar refractivity (Wildman–Crippen MR) is 131 cm³/mol. The molecule has 0 aliphatic carbocycles. The minimum Gasteiger partial charge on any atom is -0.507 e. The molecule has 8 nitrogen and oxygen atoms in total. The smallest absolute Gasteiger partial charge is 0.295 e. The number of carbonyl (C=O) groups excluding carboxylic acids is 2. The topological polar surface area (TPSA) is 93.9 Å². The molecule has 1 fully saturated rings. The lowest BCUT2D eigenvalue weighted by Gasteiger charge is -2.25. The number of methoxy groups -OCH3 is 1. The molecule has 4 rings (SSSR count). The average Bonchev–Trinajstić information content (AvgIpc) is 3.49. The van der Waals surface area contributed by atoms with Crippen molar-refractivity contribution in [3.63, 3.8) is 0 Å². The average molecular weight is 476 g/mol. The Balaban J connectivity index is 1.70. The van der Waals surface area contributed by atoms with E-state index in [2.05, 4.69) is 4.98 Å². The van der Waals surface area contributed by atoms with E-state index in [4.69, 9.17) is 9.47 Å². The van der Waals surface area contributed by atoms with Crippen molar-refractivity contribution in [3.8, 4) is 11.5 Å². The Labute approximate surface area is 204 Å². The monoisotopic (exact) mass is 475 g/mol. The Morgan fingerprint density at radius 3 is 2.57 bits per heavy atom. The van der Waals surface area contributed by atoms with Gasteiger partial charge in [-0.25, -0.2) is 4.98 Å². The number of likely N-dealkylation sites (tertiary alicyclic amines) is 1. The third kappa shape index (κ3) is 5.21. The van der Waals surface area contributed by atoms with Crippen LogP contribution in [0, 0.1) is 0 Å². The Bertz CT molecular complexity index is 1200. The Morgan fingerprint density at radius 2 is 1.89 bits per heavy atom. The fourth-order valence-electron chi connectivity index (χ4n) is 4.20. The number of nitrogens with zero attached hydrogens (tertiary/aromatic N) is 3. The van der Waals surface area contributed by atoms with Gasteiger partial charge in [-0.3, -0.25) is 9.59 Å². The second-order valence-electron chi connectivity index (χ2n) is 8.30. The number of ketones is 1. The van der Waals surface area contributed by atoms with E-state index in [9.17, 15) is 14.7 Å². The summed E-state index contributed by atoms with van der Waals surface area (Å²) in [7, 11) is 1.56. The molecular formula is C27H29N3O5. The molecule has 0 radical (unpaired) electrons. The zero-order valence-electron chi connectivity index (χ0n) is 19.9.